The molecule has 0 aliphatic carbocycles. The minimum atomic E-state index is -4.66. The molecule has 1 fully saturated rings. The van der Waals surface area contributed by atoms with Gasteiger partial charge in [0.25, 0.3) is 0 Å². The third-order valence-corrected chi connectivity index (χ3v) is 8.04. The van der Waals surface area contributed by atoms with Crippen LogP contribution in [0.25, 0.3) is 0 Å². The van der Waals surface area contributed by atoms with Crippen LogP contribution in [0.5, 0.6) is 11.5 Å². The summed E-state index contributed by atoms with van der Waals surface area (Å²) in [6.07, 6.45) is -4.00. The minimum absolute atomic E-state index is 0.0153. The van der Waals surface area contributed by atoms with Gasteiger partial charge in [-0.25, -0.2) is 8.42 Å². The number of rotatable bonds is 9. The molecule has 1 aliphatic heterocycles. The van der Waals surface area contributed by atoms with E-state index >= 15 is 0 Å². The first-order valence-electron chi connectivity index (χ1n) is 11.8. The van der Waals surface area contributed by atoms with Crippen molar-refractivity contribution in [3.63, 3.8) is 0 Å². The van der Waals surface area contributed by atoms with Gasteiger partial charge in [-0.2, -0.15) is 17.5 Å². The fraction of sp³-hybridized carbons (Fsp3) is 0.440. The normalized spacial score (nSPS) is 15.9. The van der Waals surface area contributed by atoms with Gasteiger partial charge in [0.2, 0.25) is 21.8 Å². The van der Waals surface area contributed by atoms with E-state index in [0.717, 1.165) is 22.5 Å². The van der Waals surface area contributed by atoms with Crippen LogP contribution in [0.1, 0.15) is 30.9 Å². The number of alkyl halides is 3. The van der Waals surface area contributed by atoms with Crippen LogP contribution in [0.2, 0.25) is 0 Å². The highest BCUT2D eigenvalue weighted by molar-refractivity contribution is 7.89. The molecule has 2 aromatic rings. The zero-order valence-electron chi connectivity index (χ0n) is 21.2. The molecule has 2 amide bonds. The van der Waals surface area contributed by atoms with E-state index in [1.54, 1.807) is 18.2 Å². The van der Waals surface area contributed by atoms with Crippen LogP contribution >= 0.6 is 0 Å². The number of amides is 2. The Morgan fingerprint density at radius 3 is 2.18 bits per heavy atom. The zero-order chi connectivity index (χ0) is 28.1. The van der Waals surface area contributed by atoms with Crippen LogP contribution in [0.4, 0.5) is 13.2 Å². The molecule has 1 atom stereocenters. The molecule has 3 rings (SSSR count). The minimum Gasteiger partial charge on any atom is -0.497 e. The van der Waals surface area contributed by atoms with Crippen LogP contribution in [-0.4, -0.2) is 63.9 Å². The highest BCUT2D eigenvalue weighted by atomic mass is 32.2. The number of carbonyl (C=O) groups is 2. The lowest BCUT2D eigenvalue weighted by molar-refractivity contribution is -0.137. The van der Waals surface area contributed by atoms with E-state index in [0.29, 0.717) is 23.1 Å². The van der Waals surface area contributed by atoms with Crippen LogP contribution in [0.15, 0.2) is 47.4 Å². The van der Waals surface area contributed by atoms with Gasteiger partial charge in [-0.15, -0.1) is 0 Å². The lowest BCUT2D eigenvalue weighted by Gasteiger charge is -2.32. The first-order chi connectivity index (χ1) is 17.8. The smallest absolute Gasteiger partial charge is 0.416 e. The molecule has 2 aromatic carbocycles. The van der Waals surface area contributed by atoms with E-state index in [1.807, 2.05) is 0 Å². The number of hydrogen-bond acceptors (Lipinski definition) is 6. The Balaban J connectivity index is 1.66. The van der Waals surface area contributed by atoms with Crippen molar-refractivity contribution in [2.45, 2.75) is 49.3 Å². The number of sulfonamides is 1. The molecule has 13 heteroatoms. The van der Waals surface area contributed by atoms with E-state index in [1.165, 1.54) is 21.1 Å². The Morgan fingerprint density at radius 2 is 1.66 bits per heavy atom. The van der Waals surface area contributed by atoms with Crippen molar-refractivity contribution in [3.8, 4) is 11.5 Å². The average molecular weight is 558 g/mol. The number of ether oxygens (including phenoxy) is 2. The molecule has 0 unspecified atom stereocenters. The van der Waals surface area contributed by atoms with Gasteiger partial charge in [-0.05, 0) is 48.7 Å². The van der Waals surface area contributed by atoms with Crippen molar-refractivity contribution in [1.29, 1.82) is 0 Å². The zero-order valence-corrected chi connectivity index (χ0v) is 22.0. The fourth-order valence-electron chi connectivity index (χ4n) is 4.20. The van der Waals surface area contributed by atoms with Gasteiger partial charge in [0.05, 0.1) is 24.7 Å². The molecule has 0 radical (unpaired) electrons. The van der Waals surface area contributed by atoms with Crippen molar-refractivity contribution >= 4 is 21.8 Å². The first-order valence-corrected chi connectivity index (χ1v) is 13.2. The molecule has 0 saturated carbocycles. The second-order valence-corrected chi connectivity index (χ2v) is 10.8. The molecule has 0 spiro atoms. The molecule has 2 N–H and O–H groups in total. The number of halogens is 3. The van der Waals surface area contributed by atoms with Gasteiger partial charge in [0.15, 0.2) is 0 Å². The van der Waals surface area contributed by atoms with E-state index in [4.69, 9.17) is 9.47 Å². The number of piperidine rings is 1. The predicted molar refractivity (Wildman–Crippen MR) is 132 cm³/mol. The summed E-state index contributed by atoms with van der Waals surface area (Å²) in [5, 5.41) is 5.49. The summed E-state index contributed by atoms with van der Waals surface area (Å²) in [6, 6.07) is 7.46. The average Bonchev–Trinajstić information content (AvgIpc) is 2.87. The Hall–Kier alpha value is -3.32. The molecule has 1 heterocycles. The fourth-order valence-corrected chi connectivity index (χ4v) is 5.71. The molecule has 208 valence electrons. The maximum Gasteiger partial charge on any atom is 0.416 e. The van der Waals surface area contributed by atoms with Crippen LogP contribution < -0.4 is 20.1 Å². The number of carbonyl (C=O) groups excluding carboxylic acids is 2. The summed E-state index contributed by atoms with van der Waals surface area (Å²) < 4.78 is 76.6. The monoisotopic (exact) mass is 557 g/mol. The standard InChI is InChI=1S/C25H30F3N3O6S/c1-16(32)29-23(13-17-11-20(36-2)15-21(12-17)37-3)24(33)30-19-7-9-31(10-8-19)38(34,35)22-6-4-5-18(14-22)25(26,27)28/h4-6,11-12,14-15,19,23H,7-10,13H2,1-3H3,(H,29,32)(H,30,33)/t23-/m0/s1. The third kappa shape index (κ3) is 7.38. The van der Waals surface area contributed by atoms with Crippen molar-refractivity contribution in [3.05, 3.63) is 53.6 Å². The van der Waals surface area contributed by atoms with Crippen molar-refractivity contribution in [2.24, 2.45) is 0 Å². The van der Waals surface area contributed by atoms with E-state index in [-0.39, 0.29) is 38.4 Å². The second kappa shape index (κ2) is 12.0. The SMILES string of the molecule is COc1cc(C[C@H](NC(C)=O)C(=O)NC2CCN(S(=O)(=O)c3cccc(C(F)(F)F)c3)CC2)cc(OC)c1. The van der Waals surface area contributed by atoms with Gasteiger partial charge in [0.1, 0.15) is 17.5 Å². The maximum absolute atomic E-state index is 13.1. The van der Waals surface area contributed by atoms with Gasteiger partial charge in [-0.1, -0.05) is 6.07 Å². The molecule has 0 aromatic heterocycles. The summed E-state index contributed by atoms with van der Waals surface area (Å²) in [7, 11) is -1.15. The number of nitrogens with zero attached hydrogens (tertiary/aromatic N) is 1. The number of hydrogen-bond donors (Lipinski definition) is 2. The maximum atomic E-state index is 13.1. The lowest BCUT2D eigenvalue weighted by atomic mass is 10.0. The highest BCUT2D eigenvalue weighted by Crippen LogP contribution is 2.31. The van der Waals surface area contributed by atoms with Gasteiger partial charge in [0, 0.05) is 38.5 Å². The lowest BCUT2D eigenvalue weighted by Crippen LogP contribution is -2.53. The summed E-state index contributed by atoms with van der Waals surface area (Å²) in [4.78, 5) is 24.4. The molecule has 0 bridgehead atoms. The highest BCUT2D eigenvalue weighted by Gasteiger charge is 2.35. The third-order valence-electron chi connectivity index (χ3n) is 6.14. The predicted octanol–water partition coefficient (Wildman–Crippen LogP) is 2.74. The number of benzene rings is 2. The van der Waals surface area contributed by atoms with Gasteiger partial charge >= 0.3 is 6.18 Å². The quantitative estimate of drug-likeness (QED) is 0.490. The molecular formula is C25H30F3N3O6S. The molecule has 1 aliphatic rings. The molecule has 9 nitrogen and oxygen atoms in total. The summed E-state index contributed by atoms with van der Waals surface area (Å²) in [5.41, 5.74) is -0.351. The summed E-state index contributed by atoms with van der Waals surface area (Å²) in [6.45, 7) is 1.33. The van der Waals surface area contributed by atoms with Gasteiger partial charge in [-0.3, -0.25) is 9.59 Å². The van der Waals surface area contributed by atoms with Crippen molar-refractivity contribution in [2.75, 3.05) is 27.3 Å². The topological polar surface area (TPSA) is 114 Å². The summed E-state index contributed by atoms with van der Waals surface area (Å²) in [5.74, 6) is 0.203. The largest absolute Gasteiger partial charge is 0.497 e. The Kier molecular flexibility index (Phi) is 9.26. The van der Waals surface area contributed by atoms with Crippen LogP contribution in [-0.2, 0) is 32.2 Å². The van der Waals surface area contributed by atoms with Crippen molar-refractivity contribution in [1.82, 2.24) is 14.9 Å². The van der Waals surface area contributed by atoms with Gasteiger partial charge < -0.3 is 20.1 Å². The Labute approximate surface area is 219 Å². The van der Waals surface area contributed by atoms with E-state index < -0.39 is 44.5 Å². The number of methoxy groups -OCH3 is 2. The Bertz CT molecular complexity index is 1240. The second-order valence-electron chi connectivity index (χ2n) is 8.89. The summed E-state index contributed by atoms with van der Waals surface area (Å²) >= 11 is 0. The van der Waals surface area contributed by atoms with Crippen LogP contribution in [0, 0.1) is 0 Å². The Morgan fingerprint density at radius 1 is 1.05 bits per heavy atom. The van der Waals surface area contributed by atoms with Crippen molar-refractivity contribution < 1.29 is 40.7 Å². The van der Waals surface area contributed by atoms with E-state index in [9.17, 15) is 31.2 Å². The first kappa shape index (κ1) is 29.2. The van der Waals surface area contributed by atoms with Crippen LogP contribution in [0.3, 0.4) is 0 Å². The number of nitrogens with one attached hydrogen (secondary N) is 2. The molecule has 1 saturated heterocycles. The van der Waals surface area contributed by atoms with E-state index in [2.05, 4.69) is 10.6 Å². The molecule has 38 heavy (non-hydrogen) atoms. The molecular weight excluding hydrogens is 527 g/mol.